The lowest BCUT2D eigenvalue weighted by molar-refractivity contribution is -0.284. The standard InChI is InChI=1S/C26H30N4O9/c1-15(32)27-22-20(33)11-26(25(36)37,39-24(22)23(35)21(34)14-31)38-18-9-7-17(8-10-18)19-13-30(29-28-19)12-16-5-3-2-4-6-16/h2-10,13,20-24,31,33-35H,11-12,14H2,1H3,(H,27,32)(H,36,37)/t20-,21+,22+,23-,24+,26+/m0/s1. The van der Waals surface area contributed by atoms with Crippen molar-refractivity contribution in [3.8, 4) is 17.0 Å². The van der Waals surface area contributed by atoms with Crippen molar-refractivity contribution < 1.29 is 44.6 Å². The van der Waals surface area contributed by atoms with Gasteiger partial charge in [0.2, 0.25) is 5.91 Å². The average molecular weight is 543 g/mol. The second-order valence-electron chi connectivity index (χ2n) is 9.29. The molecule has 13 nitrogen and oxygen atoms in total. The topological polar surface area (TPSA) is 196 Å². The lowest BCUT2D eigenvalue weighted by Crippen LogP contribution is -2.68. The summed E-state index contributed by atoms with van der Waals surface area (Å²) in [4.78, 5) is 24.0. The summed E-state index contributed by atoms with van der Waals surface area (Å²) < 4.78 is 13.0. The number of aliphatic carboxylic acids is 1. The van der Waals surface area contributed by atoms with Crippen molar-refractivity contribution in [2.75, 3.05) is 6.61 Å². The predicted octanol–water partition coefficient (Wildman–Crippen LogP) is -0.478. The Bertz CT molecular complexity index is 1270. The minimum atomic E-state index is -2.48. The van der Waals surface area contributed by atoms with Gasteiger partial charge in [-0.25, -0.2) is 9.48 Å². The molecular formula is C26H30N4O9. The van der Waals surface area contributed by atoms with E-state index in [-0.39, 0.29) is 5.75 Å². The maximum atomic E-state index is 12.3. The van der Waals surface area contributed by atoms with Crippen LogP contribution in [0.1, 0.15) is 18.9 Å². The zero-order chi connectivity index (χ0) is 28.2. The van der Waals surface area contributed by atoms with Gasteiger partial charge in [-0.2, -0.15) is 0 Å². The van der Waals surface area contributed by atoms with Crippen molar-refractivity contribution in [2.45, 2.75) is 56.1 Å². The van der Waals surface area contributed by atoms with E-state index in [1.807, 2.05) is 30.3 Å². The number of carbonyl (C=O) groups is 2. The molecule has 6 atom stereocenters. The Hall–Kier alpha value is -3.88. The SMILES string of the molecule is CC(=O)N[C@H]1[C@H]([C@@H](O)[C@H](O)CO)O[C@@](Oc2ccc(-c3cn(Cc4ccccc4)nn3)cc2)(C(=O)O)C[C@@H]1O. The number of hydrogen-bond donors (Lipinski definition) is 6. The molecule has 0 radical (unpaired) electrons. The summed E-state index contributed by atoms with van der Waals surface area (Å²) in [6.45, 7) is 0.825. The Morgan fingerprint density at radius 3 is 2.49 bits per heavy atom. The molecule has 1 aromatic heterocycles. The van der Waals surface area contributed by atoms with Crippen molar-refractivity contribution in [1.29, 1.82) is 0 Å². The van der Waals surface area contributed by atoms with Crippen LogP contribution in [-0.4, -0.2) is 95.3 Å². The van der Waals surface area contributed by atoms with Gasteiger partial charge in [-0.05, 0) is 29.8 Å². The number of carboxylic acids is 1. The molecule has 0 aliphatic carbocycles. The molecule has 39 heavy (non-hydrogen) atoms. The summed E-state index contributed by atoms with van der Waals surface area (Å²) >= 11 is 0. The van der Waals surface area contributed by atoms with Crippen molar-refractivity contribution in [2.24, 2.45) is 0 Å². The molecule has 0 bridgehead atoms. The number of aliphatic hydroxyl groups excluding tert-OH is 4. The smallest absolute Gasteiger partial charge is 0.377 e. The minimum Gasteiger partial charge on any atom is -0.476 e. The number of amides is 1. The molecule has 1 amide bonds. The van der Waals surface area contributed by atoms with Crippen LogP contribution in [0.25, 0.3) is 11.3 Å². The first-order chi connectivity index (χ1) is 18.6. The van der Waals surface area contributed by atoms with Gasteiger partial charge >= 0.3 is 11.8 Å². The fourth-order valence-corrected chi connectivity index (χ4v) is 4.39. The molecule has 2 heterocycles. The lowest BCUT2D eigenvalue weighted by atomic mass is 9.88. The maximum absolute atomic E-state index is 12.3. The molecule has 4 rings (SSSR count). The molecule has 6 N–H and O–H groups in total. The van der Waals surface area contributed by atoms with E-state index in [4.69, 9.17) is 9.47 Å². The van der Waals surface area contributed by atoms with Gasteiger partial charge in [-0.1, -0.05) is 35.5 Å². The van der Waals surface area contributed by atoms with Crippen molar-refractivity contribution >= 4 is 11.9 Å². The van der Waals surface area contributed by atoms with Crippen molar-refractivity contribution in [3.63, 3.8) is 0 Å². The second-order valence-corrected chi connectivity index (χ2v) is 9.29. The number of carboxylic acid groups (broad SMARTS) is 1. The van der Waals surface area contributed by atoms with Crippen LogP contribution in [0.3, 0.4) is 0 Å². The molecule has 0 saturated carbocycles. The fraction of sp³-hybridized carbons (Fsp3) is 0.385. The molecule has 1 aliphatic heterocycles. The predicted molar refractivity (Wildman–Crippen MR) is 134 cm³/mol. The number of aromatic nitrogens is 3. The van der Waals surface area contributed by atoms with Crippen LogP contribution >= 0.6 is 0 Å². The zero-order valence-electron chi connectivity index (χ0n) is 21.0. The molecule has 2 aromatic carbocycles. The van der Waals surface area contributed by atoms with E-state index in [9.17, 15) is 35.1 Å². The number of hydrogen-bond acceptors (Lipinski definition) is 10. The first-order valence-electron chi connectivity index (χ1n) is 12.2. The summed E-state index contributed by atoms with van der Waals surface area (Å²) in [7, 11) is 0. The van der Waals surface area contributed by atoms with Crippen LogP contribution in [0.5, 0.6) is 5.75 Å². The summed E-state index contributed by atoms with van der Waals surface area (Å²) in [6.07, 6.45) is -5.61. The highest BCUT2D eigenvalue weighted by Crippen LogP contribution is 2.35. The Morgan fingerprint density at radius 1 is 1.18 bits per heavy atom. The molecule has 208 valence electrons. The number of nitrogens with zero attached hydrogens (tertiary/aromatic N) is 3. The van der Waals surface area contributed by atoms with Crippen LogP contribution in [0.15, 0.2) is 60.8 Å². The normalized spacial score (nSPS) is 24.5. The van der Waals surface area contributed by atoms with Crippen LogP contribution in [0, 0.1) is 0 Å². The lowest BCUT2D eigenvalue weighted by Gasteiger charge is -2.46. The third-order valence-electron chi connectivity index (χ3n) is 6.35. The molecule has 1 fully saturated rings. The zero-order valence-corrected chi connectivity index (χ0v) is 21.0. The quantitative estimate of drug-likeness (QED) is 0.194. The summed E-state index contributed by atoms with van der Waals surface area (Å²) in [5.41, 5.74) is 2.32. The molecule has 0 unspecified atom stereocenters. The van der Waals surface area contributed by atoms with E-state index in [2.05, 4.69) is 15.6 Å². The van der Waals surface area contributed by atoms with Gasteiger partial charge in [-0.15, -0.1) is 5.10 Å². The average Bonchev–Trinajstić information content (AvgIpc) is 3.38. The van der Waals surface area contributed by atoms with Gasteiger partial charge in [0.1, 0.15) is 29.8 Å². The highest BCUT2D eigenvalue weighted by molar-refractivity contribution is 5.77. The monoisotopic (exact) mass is 542 g/mol. The highest BCUT2D eigenvalue weighted by atomic mass is 16.7. The Labute approximate surface area is 223 Å². The van der Waals surface area contributed by atoms with E-state index in [0.717, 1.165) is 12.5 Å². The number of rotatable bonds is 10. The van der Waals surface area contributed by atoms with Gasteiger partial charge in [0.15, 0.2) is 0 Å². The highest BCUT2D eigenvalue weighted by Gasteiger charge is 2.56. The molecular weight excluding hydrogens is 512 g/mol. The molecule has 3 aromatic rings. The Kier molecular flexibility index (Phi) is 8.57. The van der Waals surface area contributed by atoms with Gasteiger partial charge in [-0.3, -0.25) is 4.79 Å². The van der Waals surface area contributed by atoms with E-state index >= 15 is 0 Å². The van der Waals surface area contributed by atoms with E-state index in [1.165, 1.54) is 12.1 Å². The Morgan fingerprint density at radius 2 is 1.87 bits per heavy atom. The minimum absolute atomic E-state index is 0.0685. The number of ether oxygens (including phenoxy) is 2. The van der Waals surface area contributed by atoms with E-state index in [1.54, 1.807) is 23.0 Å². The van der Waals surface area contributed by atoms with Gasteiger partial charge in [0.05, 0.1) is 37.9 Å². The summed E-state index contributed by atoms with van der Waals surface area (Å²) in [5.74, 6) is -4.60. The summed E-state index contributed by atoms with van der Waals surface area (Å²) in [5, 5.41) is 61.2. The van der Waals surface area contributed by atoms with Gasteiger partial charge in [0, 0.05) is 12.5 Å². The van der Waals surface area contributed by atoms with Crippen LogP contribution in [-0.2, 0) is 20.9 Å². The number of benzene rings is 2. The van der Waals surface area contributed by atoms with Gasteiger partial charge < -0.3 is 40.3 Å². The van der Waals surface area contributed by atoms with Crippen LogP contribution < -0.4 is 10.1 Å². The second kappa shape index (κ2) is 11.9. The van der Waals surface area contributed by atoms with Gasteiger partial charge in [0.25, 0.3) is 0 Å². The third kappa shape index (κ3) is 6.41. The van der Waals surface area contributed by atoms with E-state index < -0.39 is 61.1 Å². The molecule has 0 spiro atoms. The first-order valence-corrected chi connectivity index (χ1v) is 12.2. The third-order valence-corrected chi connectivity index (χ3v) is 6.35. The number of nitrogens with one attached hydrogen (secondary N) is 1. The fourth-order valence-electron chi connectivity index (χ4n) is 4.39. The molecule has 13 heteroatoms. The molecule has 1 aliphatic rings. The Balaban J connectivity index is 1.54. The molecule has 1 saturated heterocycles. The number of aliphatic hydroxyl groups is 4. The van der Waals surface area contributed by atoms with Crippen LogP contribution in [0.2, 0.25) is 0 Å². The van der Waals surface area contributed by atoms with E-state index in [0.29, 0.717) is 17.8 Å². The first kappa shape index (κ1) is 28.1. The van der Waals surface area contributed by atoms with Crippen molar-refractivity contribution in [1.82, 2.24) is 20.3 Å². The van der Waals surface area contributed by atoms with Crippen LogP contribution in [0.4, 0.5) is 0 Å². The maximum Gasteiger partial charge on any atom is 0.377 e. The summed E-state index contributed by atoms with van der Waals surface area (Å²) in [6, 6.07) is 14.7. The van der Waals surface area contributed by atoms with Crippen molar-refractivity contribution in [3.05, 3.63) is 66.4 Å². The number of carbonyl (C=O) groups excluding carboxylic acids is 1. The largest absolute Gasteiger partial charge is 0.476 e.